The lowest BCUT2D eigenvalue weighted by Crippen LogP contribution is -2.58. The topological polar surface area (TPSA) is 131 Å². The number of anilines is 2. The maximum atomic E-state index is 12.8. The van der Waals surface area contributed by atoms with Crippen molar-refractivity contribution >= 4 is 34.9 Å². The number of benzene rings is 2. The molecule has 0 spiro atoms. The Labute approximate surface area is 165 Å². The minimum absolute atomic E-state index is 0.175. The molecule has 0 radical (unpaired) electrons. The molecule has 2 N–H and O–H groups in total. The van der Waals surface area contributed by atoms with E-state index in [9.17, 15) is 24.5 Å². The van der Waals surface area contributed by atoms with Crippen LogP contribution < -0.4 is 20.3 Å². The van der Waals surface area contributed by atoms with E-state index in [-0.39, 0.29) is 17.9 Å². The van der Waals surface area contributed by atoms with Gasteiger partial charge in [-0.05, 0) is 37.3 Å². The molecule has 2 aromatic carbocycles. The lowest BCUT2D eigenvalue weighted by Gasteiger charge is -2.30. The second-order valence-electron chi connectivity index (χ2n) is 6.14. The van der Waals surface area contributed by atoms with Gasteiger partial charge in [-0.3, -0.25) is 19.7 Å². The summed E-state index contributed by atoms with van der Waals surface area (Å²) < 4.78 is 5.34. The number of nitrogens with zero attached hydrogens (tertiary/aromatic N) is 2. The van der Waals surface area contributed by atoms with Crippen molar-refractivity contribution in [2.75, 3.05) is 23.4 Å². The predicted octanol–water partition coefficient (Wildman–Crippen LogP) is 2.30. The van der Waals surface area contributed by atoms with Crippen molar-refractivity contribution in [3.63, 3.8) is 0 Å². The van der Waals surface area contributed by atoms with Crippen LogP contribution in [0.25, 0.3) is 0 Å². The summed E-state index contributed by atoms with van der Waals surface area (Å²) in [5.74, 6) is -1.97. The Hall–Kier alpha value is -3.95. The van der Waals surface area contributed by atoms with Crippen LogP contribution in [0.4, 0.5) is 21.9 Å². The van der Waals surface area contributed by atoms with Crippen LogP contribution in [-0.4, -0.2) is 35.9 Å². The number of hydrogen-bond donors (Lipinski definition) is 2. The second-order valence-corrected chi connectivity index (χ2v) is 6.14. The minimum atomic E-state index is -1.18. The number of nitrogens with one attached hydrogen (secondary N) is 2. The van der Waals surface area contributed by atoms with Gasteiger partial charge in [0.15, 0.2) is 0 Å². The van der Waals surface area contributed by atoms with Crippen LogP contribution in [0.15, 0.2) is 48.5 Å². The number of rotatable bonds is 6. The number of carbonyl (C=O) groups excluding carboxylic acids is 3. The van der Waals surface area contributed by atoms with Crippen LogP contribution in [0.5, 0.6) is 5.75 Å². The van der Waals surface area contributed by atoms with Gasteiger partial charge in [-0.1, -0.05) is 6.07 Å². The van der Waals surface area contributed by atoms with Crippen molar-refractivity contribution < 1.29 is 24.0 Å². The van der Waals surface area contributed by atoms with Crippen molar-refractivity contribution in [2.24, 2.45) is 5.92 Å². The number of carbonyl (C=O) groups is 3. The van der Waals surface area contributed by atoms with E-state index in [0.29, 0.717) is 18.0 Å². The number of urea groups is 1. The Morgan fingerprint density at radius 3 is 2.66 bits per heavy atom. The summed E-state index contributed by atoms with van der Waals surface area (Å²) in [4.78, 5) is 48.8. The number of non-ortho nitro benzene ring substituents is 1. The first-order chi connectivity index (χ1) is 13.9. The fourth-order valence-corrected chi connectivity index (χ4v) is 2.85. The van der Waals surface area contributed by atoms with Gasteiger partial charge in [-0.2, -0.15) is 0 Å². The molecule has 1 atom stereocenters. The van der Waals surface area contributed by atoms with Crippen LogP contribution in [0.2, 0.25) is 0 Å². The van der Waals surface area contributed by atoms with Crippen molar-refractivity contribution in [1.29, 1.82) is 0 Å². The van der Waals surface area contributed by atoms with E-state index in [1.807, 2.05) is 6.92 Å². The molecule has 1 aliphatic heterocycles. The van der Waals surface area contributed by atoms with Crippen LogP contribution in [0.3, 0.4) is 0 Å². The number of ether oxygens (including phenoxy) is 1. The van der Waals surface area contributed by atoms with E-state index in [0.717, 1.165) is 4.90 Å². The Morgan fingerprint density at radius 1 is 1.28 bits per heavy atom. The van der Waals surface area contributed by atoms with Gasteiger partial charge in [0.25, 0.3) is 5.69 Å². The van der Waals surface area contributed by atoms with Crippen molar-refractivity contribution in [3.05, 3.63) is 58.6 Å². The molecule has 1 saturated heterocycles. The molecule has 29 heavy (non-hydrogen) atoms. The Bertz CT molecular complexity index is 959. The Kier molecular flexibility index (Phi) is 5.72. The van der Waals surface area contributed by atoms with E-state index in [1.54, 1.807) is 24.3 Å². The second kappa shape index (κ2) is 8.38. The van der Waals surface area contributed by atoms with Gasteiger partial charge in [0, 0.05) is 24.4 Å². The van der Waals surface area contributed by atoms with Crippen molar-refractivity contribution in [1.82, 2.24) is 5.32 Å². The lowest BCUT2D eigenvalue weighted by atomic mass is 10.0. The molecule has 0 bridgehead atoms. The van der Waals surface area contributed by atoms with E-state index < -0.39 is 28.7 Å². The molecular weight excluding hydrogens is 380 g/mol. The third kappa shape index (κ3) is 4.32. The normalized spacial score (nSPS) is 16.2. The molecule has 2 aromatic rings. The first-order valence-corrected chi connectivity index (χ1v) is 8.80. The first-order valence-electron chi connectivity index (χ1n) is 8.80. The maximum Gasteiger partial charge on any atom is 0.328 e. The van der Waals surface area contributed by atoms with E-state index >= 15 is 0 Å². The first kappa shape index (κ1) is 19.8. The highest BCUT2D eigenvalue weighted by Gasteiger charge is 2.39. The maximum absolute atomic E-state index is 12.8. The van der Waals surface area contributed by atoms with E-state index in [2.05, 4.69) is 10.6 Å². The van der Waals surface area contributed by atoms with Gasteiger partial charge in [-0.25, -0.2) is 9.69 Å². The fraction of sp³-hybridized carbons (Fsp3) is 0.211. The average molecular weight is 398 g/mol. The van der Waals surface area contributed by atoms with E-state index in [1.165, 1.54) is 24.3 Å². The number of nitro benzene ring substituents is 1. The van der Waals surface area contributed by atoms with Gasteiger partial charge in [0.2, 0.25) is 11.8 Å². The molecular formula is C19H18N4O6. The zero-order valence-electron chi connectivity index (χ0n) is 15.5. The standard InChI is InChI=1S/C19H18N4O6/c1-2-29-15-8-6-13(7-9-15)22-18(25)16(11-20-19(22)26)17(24)21-12-4-3-5-14(10-12)23(27)28/h3-10,16H,2,11H2,1H3,(H,20,26)(H,21,24). The summed E-state index contributed by atoms with van der Waals surface area (Å²) in [7, 11) is 0. The summed E-state index contributed by atoms with van der Waals surface area (Å²) >= 11 is 0. The molecule has 1 heterocycles. The highest BCUT2D eigenvalue weighted by atomic mass is 16.6. The highest BCUT2D eigenvalue weighted by molar-refractivity contribution is 6.23. The molecule has 150 valence electrons. The molecule has 0 aromatic heterocycles. The smallest absolute Gasteiger partial charge is 0.328 e. The van der Waals surface area contributed by atoms with Crippen LogP contribution in [0.1, 0.15) is 6.92 Å². The molecule has 10 nitrogen and oxygen atoms in total. The van der Waals surface area contributed by atoms with Gasteiger partial charge in [0.1, 0.15) is 11.7 Å². The van der Waals surface area contributed by atoms with Gasteiger partial charge >= 0.3 is 6.03 Å². The largest absolute Gasteiger partial charge is 0.494 e. The van der Waals surface area contributed by atoms with Crippen molar-refractivity contribution in [2.45, 2.75) is 6.92 Å². The summed E-state index contributed by atoms with van der Waals surface area (Å²) in [5.41, 5.74) is 0.285. The summed E-state index contributed by atoms with van der Waals surface area (Å²) in [6.45, 7) is 2.13. The van der Waals surface area contributed by atoms with Crippen LogP contribution in [0, 0.1) is 16.0 Å². The predicted molar refractivity (Wildman–Crippen MR) is 104 cm³/mol. The van der Waals surface area contributed by atoms with Crippen LogP contribution in [-0.2, 0) is 9.59 Å². The lowest BCUT2D eigenvalue weighted by molar-refractivity contribution is -0.384. The molecule has 10 heteroatoms. The SMILES string of the molecule is CCOc1ccc(N2C(=O)NCC(C(=O)Nc3cccc([N+](=O)[O-])c3)C2=O)cc1. The average Bonchev–Trinajstić information content (AvgIpc) is 2.69. The van der Waals surface area contributed by atoms with Gasteiger partial charge < -0.3 is 15.4 Å². The zero-order chi connectivity index (χ0) is 21.0. The van der Waals surface area contributed by atoms with Crippen LogP contribution >= 0.6 is 0 Å². The Balaban J connectivity index is 1.77. The number of hydrogen-bond acceptors (Lipinski definition) is 6. The molecule has 4 amide bonds. The summed E-state index contributed by atoms with van der Waals surface area (Å²) in [6.07, 6.45) is 0. The molecule has 0 aliphatic carbocycles. The molecule has 1 unspecified atom stereocenters. The monoisotopic (exact) mass is 398 g/mol. The third-order valence-corrected chi connectivity index (χ3v) is 4.23. The zero-order valence-corrected chi connectivity index (χ0v) is 15.5. The molecule has 0 saturated carbocycles. The Morgan fingerprint density at radius 2 is 2.00 bits per heavy atom. The quantitative estimate of drug-likeness (QED) is 0.436. The summed E-state index contributed by atoms with van der Waals surface area (Å²) in [5, 5.41) is 15.9. The fourth-order valence-electron chi connectivity index (χ4n) is 2.85. The van der Waals surface area contributed by atoms with Gasteiger partial charge in [0.05, 0.1) is 17.2 Å². The van der Waals surface area contributed by atoms with Crippen molar-refractivity contribution in [3.8, 4) is 5.75 Å². The van der Waals surface area contributed by atoms with E-state index in [4.69, 9.17) is 4.74 Å². The number of amides is 4. The third-order valence-electron chi connectivity index (χ3n) is 4.23. The number of imide groups is 1. The number of nitro groups is 1. The van der Waals surface area contributed by atoms with Gasteiger partial charge in [-0.15, -0.1) is 0 Å². The molecule has 3 rings (SSSR count). The summed E-state index contributed by atoms with van der Waals surface area (Å²) in [6, 6.07) is 11.1. The molecule has 1 aliphatic rings. The highest BCUT2D eigenvalue weighted by Crippen LogP contribution is 2.24. The minimum Gasteiger partial charge on any atom is -0.494 e. The molecule has 1 fully saturated rings.